The van der Waals surface area contributed by atoms with Crippen LogP contribution in [0.5, 0.6) is 5.75 Å². The number of rotatable bonds is 3. The Morgan fingerprint density at radius 3 is 2.30 bits per heavy atom. The highest BCUT2D eigenvalue weighted by molar-refractivity contribution is 6.40. The van der Waals surface area contributed by atoms with Crippen LogP contribution < -0.4 is 9.64 Å². The third-order valence-corrected chi connectivity index (χ3v) is 5.89. The van der Waals surface area contributed by atoms with Crippen LogP contribution in [-0.4, -0.2) is 25.1 Å². The molecule has 0 saturated carbocycles. The van der Waals surface area contributed by atoms with Gasteiger partial charge in [-0.25, -0.2) is 9.18 Å². The van der Waals surface area contributed by atoms with E-state index in [0.29, 0.717) is 39.3 Å². The summed E-state index contributed by atoms with van der Waals surface area (Å²) in [5, 5.41) is 0.926. The zero-order valence-electron chi connectivity index (χ0n) is 16.0. The Kier molecular flexibility index (Phi) is 5.53. The van der Waals surface area contributed by atoms with Crippen molar-refractivity contribution < 1.29 is 13.9 Å². The van der Waals surface area contributed by atoms with E-state index >= 15 is 0 Å². The predicted octanol–water partition coefficient (Wildman–Crippen LogP) is 7.17. The maximum atomic E-state index is 13.6. The minimum absolute atomic E-state index is 0.257. The molecule has 0 saturated heterocycles. The number of ether oxygens (including phenoxy) is 1. The molecule has 8 heteroatoms. The van der Waals surface area contributed by atoms with Crippen molar-refractivity contribution in [2.24, 2.45) is 0 Å². The molecule has 0 unspecified atom stereocenters. The summed E-state index contributed by atoms with van der Waals surface area (Å²) < 4.78 is 19.1. The average molecular weight is 466 g/mol. The van der Waals surface area contributed by atoms with Gasteiger partial charge in [0.05, 0.1) is 33.6 Å². The highest BCUT2D eigenvalue weighted by Gasteiger charge is 2.34. The first-order valence-corrected chi connectivity index (χ1v) is 10.1. The molecule has 0 aromatic heterocycles. The molecule has 30 heavy (non-hydrogen) atoms. The van der Waals surface area contributed by atoms with E-state index in [-0.39, 0.29) is 11.1 Å². The van der Waals surface area contributed by atoms with Gasteiger partial charge < -0.3 is 9.64 Å². The fourth-order valence-electron chi connectivity index (χ4n) is 3.56. The summed E-state index contributed by atoms with van der Waals surface area (Å²) in [6.45, 7) is 0.319. The number of urea groups is 1. The molecule has 1 aliphatic heterocycles. The molecule has 0 spiro atoms. The second kappa shape index (κ2) is 7.99. The summed E-state index contributed by atoms with van der Waals surface area (Å²) in [5.41, 5.74) is 3.11. The van der Waals surface area contributed by atoms with Gasteiger partial charge in [0.15, 0.2) is 0 Å². The van der Waals surface area contributed by atoms with E-state index in [9.17, 15) is 9.18 Å². The first-order chi connectivity index (χ1) is 14.3. The molecular formula is C22H16Cl3FN2O2. The minimum atomic E-state index is -0.433. The van der Waals surface area contributed by atoms with Crippen LogP contribution in [0.25, 0.3) is 11.1 Å². The number of carbonyl (C=O) groups excluding carboxylic acids is 1. The first-order valence-electron chi connectivity index (χ1n) is 8.97. The minimum Gasteiger partial charge on any atom is -0.497 e. The summed E-state index contributed by atoms with van der Waals surface area (Å²) in [4.78, 5) is 16.2. The second-order valence-corrected chi connectivity index (χ2v) is 8.06. The summed E-state index contributed by atoms with van der Waals surface area (Å²) in [5.74, 6) is 0.0759. The van der Waals surface area contributed by atoms with Crippen molar-refractivity contribution in [3.05, 3.63) is 75.0 Å². The second-order valence-electron chi connectivity index (χ2n) is 6.84. The van der Waals surface area contributed by atoms with Crippen LogP contribution >= 0.6 is 34.8 Å². The molecule has 0 atom stereocenters. The van der Waals surface area contributed by atoms with Crippen LogP contribution in [0.2, 0.25) is 15.1 Å². The fourth-order valence-corrected chi connectivity index (χ4v) is 4.40. The number of hydrogen-bond donors (Lipinski definition) is 0. The number of anilines is 2. The van der Waals surface area contributed by atoms with E-state index in [1.54, 1.807) is 42.3 Å². The van der Waals surface area contributed by atoms with E-state index in [1.807, 2.05) is 6.07 Å². The van der Waals surface area contributed by atoms with Gasteiger partial charge in [0, 0.05) is 30.8 Å². The standard InChI is InChI=1S/C22H16Cl3FN2O2/c1-27-11-16-15(14-7-6-12(26)8-19(14)25)9-13(30-2)10-20(16)28(22(27)29)21-17(23)4-3-5-18(21)24/h3-10H,11H2,1-2H3. The smallest absolute Gasteiger partial charge is 0.329 e. The van der Waals surface area contributed by atoms with Crippen molar-refractivity contribution in [3.8, 4) is 16.9 Å². The van der Waals surface area contributed by atoms with Gasteiger partial charge in [-0.05, 0) is 42.0 Å². The number of hydrogen-bond acceptors (Lipinski definition) is 2. The Morgan fingerprint density at radius 1 is 0.967 bits per heavy atom. The van der Waals surface area contributed by atoms with Crippen LogP contribution in [0.4, 0.5) is 20.6 Å². The number of nitrogens with zero attached hydrogens (tertiary/aromatic N) is 2. The van der Waals surface area contributed by atoms with Crippen molar-refractivity contribution in [2.45, 2.75) is 6.54 Å². The molecule has 0 bridgehead atoms. The van der Waals surface area contributed by atoms with Gasteiger partial charge in [-0.15, -0.1) is 0 Å². The van der Waals surface area contributed by atoms with Gasteiger partial charge in [-0.3, -0.25) is 4.90 Å². The lowest BCUT2D eigenvalue weighted by Crippen LogP contribution is -2.43. The van der Waals surface area contributed by atoms with E-state index in [4.69, 9.17) is 39.5 Å². The molecule has 0 N–H and O–H groups in total. The maximum absolute atomic E-state index is 13.6. The van der Waals surface area contributed by atoms with Gasteiger partial charge in [0.1, 0.15) is 11.6 Å². The molecular weight excluding hydrogens is 450 g/mol. The maximum Gasteiger partial charge on any atom is 0.329 e. The molecule has 0 aliphatic carbocycles. The number of amides is 2. The zero-order chi connectivity index (χ0) is 21.6. The Hall–Kier alpha value is -2.47. The van der Waals surface area contributed by atoms with Crippen LogP contribution in [0.3, 0.4) is 0 Å². The van der Waals surface area contributed by atoms with Crippen LogP contribution in [0.1, 0.15) is 5.56 Å². The largest absolute Gasteiger partial charge is 0.497 e. The molecule has 3 aromatic rings. The molecule has 0 fully saturated rings. The number of fused-ring (bicyclic) bond motifs is 1. The normalized spacial score (nSPS) is 13.5. The van der Waals surface area contributed by atoms with Crippen molar-refractivity contribution in [1.82, 2.24) is 4.90 Å². The van der Waals surface area contributed by atoms with E-state index < -0.39 is 5.82 Å². The Balaban J connectivity index is 2.03. The lowest BCUT2D eigenvalue weighted by atomic mass is 9.95. The summed E-state index contributed by atoms with van der Waals surface area (Å²) in [6.07, 6.45) is 0. The van der Waals surface area contributed by atoms with Crippen molar-refractivity contribution in [2.75, 3.05) is 19.1 Å². The van der Waals surface area contributed by atoms with E-state index in [2.05, 4.69) is 0 Å². The number of halogens is 4. The fraction of sp³-hybridized carbons (Fsp3) is 0.136. The molecule has 3 aromatic carbocycles. The third kappa shape index (κ3) is 3.47. The Bertz CT molecular complexity index is 1150. The van der Waals surface area contributed by atoms with Gasteiger partial charge in [0.2, 0.25) is 0 Å². The van der Waals surface area contributed by atoms with Gasteiger partial charge in [0.25, 0.3) is 0 Å². The number of carbonyl (C=O) groups is 1. The highest BCUT2D eigenvalue weighted by Crippen LogP contribution is 2.47. The van der Waals surface area contributed by atoms with Gasteiger partial charge in [-0.2, -0.15) is 0 Å². The predicted molar refractivity (Wildman–Crippen MR) is 119 cm³/mol. The number of benzene rings is 3. The number of methoxy groups -OCH3 is 1. The van der Waals surface area contributed by atoms with Crippen molar-refractivity contribution in [3.63, 3.8) is 0 Å². The molecule has 4 rings (SSSR count). The zero-order valence-corrected chi connectivity index (χ0v) is 18.3. The first kappa shape index (κ1) is 20.8. The van der Waals surface area contributed by atoms with Gasteiger partial charge >= 0.3 is 6.03 Å². The SMILES string of the molecule is COc1cc(-c2ccc(F)cc2Cl)c2c(c1)N(c1c(Cl)cccc1Cl)C(=O)N(C)C2. The topological polar surface area (TPSA) is 32.8 Å². The van der Waals surface area contributed by atoms with E-state index in [1.165, 1.54) is 24.1 Å². The summed E-state index contributed by atoms with van der Waals surface area (Å²) in [7, 11) is 3.21. The van der Waals surface area contributed by atoms with E-state index in [0.717, 1.165) is 11.1 Å². The lowest BCUT2D eigenvalue weighted by Gasteiger charge is -2.37. The molecule has 4 nitrogen and oxygen atoms in total. The molecule has 0 radical (unpaired) electrons. The van der Waals surface area contributed by atoms with Gasteiger partial charge in [-0.1, -0.05) is 40.9 Å². The van der Waals surface area contributed by atoms with Crippen molar-refractivity contribution in [1.29, 1.82) is 0 Å². The van der Waals surface area contributed by atoms with Crippen LogP contribution in [0, 0.1) is 5.82 Å². The molecule has 1 aliphatic rings. The molecule has 2 amide bonds. The monoisotopic (exact) mass is 464 g/mol. The summed E-state index contributed by atoms with van der Waals surface area (Å²) >= 11 is 19.2. The lowest BCUT2D eigenvalue weighted by molar-refractivity contribution is 0.213. The van der Waals surface area contributed by atoms with Crippen LogP contribution in [0.15, 0.2) is 48.5 Å². The Labute approximate surface area is 188 Å². The van der Waals surface area contributed by atoms with Crippen LogP contribution in [-0.2, 0) is 6.54 Å². The quantitative estimate of drug-likeness (QED) is 0.411. The molecule has 1 heterocycles. The third-order valence-electron chi connectivity index (χ3n) is 4.97. The number of para-hydroxylation sites is 1. The highest BCUT2D eigenvalue weighted by atomic mass is 35.5. The molecule has 154 valence electrons. The average Bonchev–Trinajstić information content (AvgIpc) is 2.70. The summed E-state index contributed by atoms with van der Waals surface area (Å²) in [6, 6.07) is 12.5. The Morgan fingerprint density at radius 2 is 1.67 bits per heavy atom. The van der Waals surface area contributed by atoms with Crippen molar-refractivity contribution >= 4 is 52.2 Å².